The summed E-state index contributed by atoms with van der Waals surface area (Å²) in [5.41, 5.74) is 2.32. The quantitative estimate of drug-likeness (QED) is 0.884. The zero-order valence-electron chi connectivity index (χ0n) is 15.5. The van der Waals surface area contributed by atoms with Crippen molar-refractivity contribution in [3.63, 3.8) is 0 Å². The summed E-state index contributed by atoms with van der Waals surface area (Å²) in [6.45, 7) is 9.42. The zero-order chi connectivity index (χ0) is 18.5. The van der Waals surface area contributed by atoms with Crippen molar-refractivity contribution in [1.82, 2.24) is 20.3 Å². The van der Waals surface area contributed by atoms with Gasteiger partial charge in [0.15, 0.2) is 0 Å². The predicted molar refractivity (Wildman–Crippen MR) is 99.3 cm³/mol. The van der Waals surface area contributed by atoms with Crippen molar-refractivity contribution in [2.45, 2.75) is 33.2 Å². The minimum atomic E-state index is -0.154. The van der Waals surface area contributed by atoms with Crippen LogP contribution >= 0.6 is 0 Å². The van der Waals surface area contributed by atoms with Gasteiger partial charge in [-0.15, -0.1) is 0 Å². The molecule has 0 radical (unpaired) electrons. The summed E-state index contributed by atoms with van der Waals surface area (Å²) >= 11 is 0. The zero-order valence-corrected chi connectivity index (χ0v) is 15.5. The first-order chi connectivity index (χ1) is 12.5. The average molecular weight is 355 g/mol. The molecule has 0 aromatic carbocycles. The van der Waals surface area contributed by atoms with Crippen molar-refractivity contribution in [1.29, 1.82) is 0 Å². The Morgan fingerprint density at radius 3 is 2.81 bits per heavy atom. The highest BCUT2D eigenvalue weighted by Gasteiger charge is 2.17. The number of amides is 1. The number of morpholine rings is 1. The highest BCUT2D eigenvalue weighted by molar-refractivity contribution is 5.95. The molecule has 138 valence electrons. The number of aromatic nitrogens is 3. The highest BCUT2D eigenvalue weighted by atomic mass is 16.5. The second-order valence-corrected chi connectivity index (χ2v) is 6.68. The molecule has 1 fully saturated rings. The lowest BCUT2D eigenvalue weighted by Crippen LogP contribution is -2.36. The van der Waals surface area contributed by atoms with Gasteiger partial charge < -0.3 is 15.0 Å². The van der Waals surface area contributed by atoms with Gasteiger partial charge in [-0.25, -0.2) is 15.0 Å². The molecule has 7 nitrogen and oxygen atoms in total. The monoisotopic (exact) mass is 355 g/mol. The number of carbonyl (C=O) groups is 1. The minimum Gasteiger partial charge on any atom is -0.378 e. The van der Waals surface area contributed by atoms with Crippen molar-refractivity contribution in [2.75, 3.05) is 31.2 Å². The summed E-state index contributed by atoms with van der Waals surface area (Å²) in [6, 6.07) is 3.93. The molecule has 3 rings (SSSR count). The molecule has 1 aliphatic heterocycles. The molecule has 26 heavy (non-hydrogen) atoms. The van der Waals surface area contributed by atoms with E-state index in [0.29, 0.717) is 31.1 Å². The van der Waals surface area contributed by atoms with Gasteiger partial charge >= 0.3 is 0 Å². The molecule has 2 aromatic rings. The molecule has 1 aliphatic rings. The van der Waals surface area contributed by atoms with E-state index in [4.69, 9.17) is 4.74 Å². The van der Waals surface area contributed by atoms with Gasteiger partial charge in [-0.05, 0) is 30.5 Å². The van der Waals surface area contributed by atoms with E-state index in [0.717, 1.165) is 30.2 Å². The summed E-state index contributed by atoms with van der Waals surface area (Å²) in [7, 11) is 0. The molecular formula is C19H25N5O2. The molecule has 0 bridgehead atoms. The van der Waals surface area contributed by atoms with E-state index in [1.165, 1.54) is 0 Å². The Morgan fingerprint density at radius 1 is 1.31 bits per heavy atom. The SMILES string of the molecule is Cc1ncc(C(=O)NCc2ccnc(N3CCOCC3)c2)c(C(C)C)n1. The number of aryl methyl sites for hydroxylation is 1. The van der Waals surface area contributed by atoms with Crippen molar-refractivity contribution in [3.8, 4) is 0 Å². The van der Waals surface area contributed by atoms with Crippen LogP contribution in [0.3, 0.4) is 0 Å². The van der Waals surface area contributed by atoms with Gasteiger partial charge in [-0.2, -0.15) is 0 Å². The van der Waals surface area contributed by atoms with Crippen LogP contribution < -0.4 is 10.2 Å². The molecule has 2 aromatic heterocycles. The molecule has 7 heteroatoms. The van der Waals surface area contributed by atoms with Crippen molar-refractivity contribution < 1.29 is 9.53 Å². The number of nitrogens with zero attached hydrogens (tertiary/aromatic N) is 4. The molecule has 0 unspecified atom stereocenters. The Bertz CT molecular complexity index is 772. The fourth-order valence-corrected chi connectivity index (χ4v) is 2.92. The van der Waals surface area contributed by atoms with Gasteiger partial charge in [0.05, 0.1) is 24.5 Å². The lowest BCUT2D eigenvalue weighted by atomic mass is 10.0. The summed E-state index contributed by atoms with van der Waals surface area (Å²) in [6.07, 6.45) is 3.39. The number of nitrogens with one attached hydrogen (secondary N) is 1. The molecule has 0 aliphatic carbocycles. The van der Waals surface area contributed by atoms with Crippen LogP contribution in [0.2, 0.25) is 0 Å². The summed E-state index contributed by atoms with van der Waals surface area (Å²) in [5.74, 6) is 1.60. The maximum Gasteiger partial charge on any atom is 0.254 e. The number of ether oxygens (including phenoxy) is 1. The van der Waals surface area contributed by atoms with Gasteiger partial charge in [0.25, 0.3) is 5.91 Å². The van der Waals surface area contributed by atoms with E-state index in [1.807, 2.05) is 32.9 Å². The summed E-state index contributed by atoms with van der Waals surface area (Å²) in [4.78, 5) is 27.8. The fourth-order valence-electron chi connectivity index (χ4n) is 2.92. The average Bonchev–Trinajstić information content (AvgIpc) is 2.67. The van der Waals surface area contributed by atoms with E-state index in [-0.39, 0.29) is 11.8 Å². The predicted octanol–water partition coefficient (Wildman–Crippen LogP) is 2.07. The molecular weight excluding hydrogens is 330 g/mol. The summed E-state index contributed by atoms with van der Waals surface area (Å²) < 4.78 is 5.38. The number of hydrogen-bond donors (Lipinski definition) is 1. The lowest BCUT2D eigenvalue weighted by Gasteiger charge is -2.28. The second kappa shape index (κ2) is 8.23. The first-order valence-electron chi connectivity index (χ1n) is 8.94. The lowest BCUT2D eigenvalue weighted by molar-refractivity contribution is 0.0948. The van der Waals surface area contributed by atoms with Gasteiger partial charge in [0.1, 0.15) is 11.6 Å². The number of carbonyl (C=O) groups excluding carboxylic acids is 1. The summed E-state index contributed by atoms with van der Waals surface area (Å²) in [5, 5.41) is 2.97. The van der Waals surface area contributed by atoms with Crippen LogP contribution in [-0.4, -0.2) is 47.2 Å². The molecule has 1 amide bonds. The normalized spacial score (nSPS) is 14.5. The van der Waals surface area contributed by atoms with E-state index in [2.05, 4.69) is 25.2 Å². The van der Waals surface area contributed by atoms with E-state index in [9.17, 15) is 4.79 Å². The number of rotatable bonds is 5. The van der Waals surface area contributed by atoms with Crippen LogP contribution in [0.5, 0.6) is 0 Å². The Balaban J connectivity index is 1.68. The van der Waals surface area contributed by atoms with Gasteiger partial charge in [-0.3, -0.25) is 4.79 Å². The van der Waals surface area contributed by atoms with Crippen LogP contribution in [0, 0.1) is 6.92 Å². The van der Waals surface area contributed by atoms with Crippen molar-refractivity contribution in [3.05, 3.63) is 47.2 Å². The Kier molecular flexibility index (Phi) is 5.78. The minimum absolute atomic E-state index is 0.154. The third kappa shape index (κ3) is 4.35. The van der Waals surface area contributed by atoms with Crippen LogP contribution in [0.15, 0.2) is 24.5 Å². The third-order valence-corrected chi connectivity index (χ3v) is 4.33. The first-order valence-corrected chi connectivity index (χ1v) is 8.94. The second-order valence-electron chi connectivity index (χ2n) is 6.68. The maximum absolute atomic E-state index is 12.6. The Labute approximate surface area is 153 Å². The molecule has 1 saturated heterocycles. The fraction of sp³-hybridized carbons (Fsp3) is 0.474. The van der Waals surface area contributed by atoms with Gasteiger partial charge in [0.2, 0.25) is 0 Å². The van der Waals surface area contributed by atoms with Crippen LogP contribution in [0.1, 0.15) is 47.2 Å². The van der Waals surface area contributed by atoms with E-state index < -0.39 is 0 Å². The smallest absolute Gasteiger partial charge is 0.254 e. The molecule has 3 heterocycles. The Hall–Kier alpha value is -2.54. The van der Waals surface area contributed by atoms with E-state index in [1.54, 1.807) is 12.4 Å². The van der Waals surface area contributed by atoms with E-state index >= 15 is 0 Å². The molecule has 1 N–H and O–H groups in total. The highest BCUT2D eigenvalue weighted by Crippen LogP contribution is 2.17. The number of pyridine rings is 1. The Morgan fingerprint density at radius 2 is 2.08 bits per heavy atom. The molecule has 0 atom stereocenters. The van der Waals surface area contributed by atoms with Crippen molar-refractivity contribution >= 4 is 11.7 Å². The van der Waals surface area contributed by atoms with Crippen LogP contribution in [-0.2, 0) is 11.3 Å². The molecule has 0 spiro atoms. The number of hydrogen-bond acceptors (Lipinski definition) is 6. The third-order valence-electron chi connectivity index (χ3n) is 4.33. The standard InChI is InChI=1S/C19H25N5O2/c1-13(2)18-16(12-21-14(3)23-18)19(25)22-11-15-4-5-20-17(10-15)24-6-8-26-9-7-24/h4-5,10,12-13H,6-9,11H2,1-3H3,(H,22,25). The van der Waals surface area contributed by atoms with Gasteiger partial charge in [-0.1, -0.05) is 13.8 Å². The topological polar surface area (TPSA) is 80.2 Å². The number of anilines is 1. The van der Waals surface area contributed by atoms with Crippen LogP contribution in [0.25, 0.3) is 0 Å². The van der Waals surface area contributed by atoms with Crippen molar-refractivity contribution in [2.24, 2.45) is 0 Å². The van der Waals surface area contributed by atoms with Crippen LogP contribution in [0.4, 0.5) is 5.82 Å². The van der Waals surface area contributed by atoms with Gasteiger partial charge in [0, 0.05) is 32.0 Å². The first kappa shape index (κ1) is 18.3. The molecule has 0 saturated carbocycles. The largest absolute Gasteiger partial charge is 0.378 e. The maximum atomic E-state index is 12.6.